The third-order valence-corrected chi connectivity index (χ3v) is 6.31. The molecule has 0 atom stereocenters. The number of sulfonamides is 1. The molecule has 5 nitrogen and oxygen atoms in total. The summed E-state index contributed by atoms with van der Waals surface area (Å²) in [5.74, 6) is -1.67. The van der Waals surface area contributed by atoms with E-state index in [-0.39, 0.29) is 29.0 Å². The lowest BCUT2D eigenvalue weighted by Gasteiger charge is -2.23. The molecule has 0 aromatic heterocycles. The molecule has 3 rings (SSSR count). The summed E-state index contributed by atoms with van der Waals surface area (Å²) >= 11 is 0. The Kier molecular flexibility index (Phi) is 5.30. The van der Waals surface area contributed by atoms with Crippen LogP contribution in [0.3, 0.4) is 0 Å². The molecule has 1 aliphatic carbocycles. The second-order valence-electron chi connectivity index (χ2n) is 6.71. The van der Waals surface area contributed by atoms with Crippen LogP contribution in [-0.4, -0.2) is 43.7 Å². The minimum atomic E-state index is -3.58. The van der Waals surface area contributed by atoms with E-state index in [1.54, 1.807) is 4.90 Å². The predicted molar refractivity (Wildman–Crippen MR) is 96.6 cm³/mol. The van der Waals surface area contributed by atoms with Gasteiger partial charge in [0.2, 0.25) is 10.0 Å². The summed E-state index contributed by atoms with van der Waals surface area (Å²) in [6.45, 7) is 0.0351. The Bertz CT molecular complexity index is 955. The number of carbonyl (C=O) groups excluding carboxylic acids is 1. The molecule has 0 saturated heterocycles. The van der Waals surface area contributed by atoms with Gasteiger partial charge in [0.15, 0.2) is 0 Å². The van der Waals surface area contributed by atoms with E-state index in [4.69, 9.17) is 0 Å². The fraction of sp³-hybridized carbons (Fsp3) is 0.316. The van der Waals surface area contributed by atoms with Crippen LogP contribution in [0.15, 0.2) is 47.4 Å². The van der Waals surface area contributed by atoms with Crippen molar-refractivity contribution >= 4 is 15.9 Å². The number of amides is 1. The lowest BCUT2D eigenvalue weighted by molar-refractivity contribution is 0.0728. The molecular formula is C19H20F2N2O3S. The average molecular weight is 394 g/mol. The van der Waals surface area contributed by atoms with Gasteiger partial charge in [-0.25, -0.2) is 21.5 Å². The third kappa shape index (κ3) is 4.17. The van der Waals surface area contributed by atoms with Gasteiger partial charge in [-0.05, 0) is 43.2 Å². The average Bonchev–Trinajstić information content (AvgIpc) is 3.45. The van der Waals surface area contributed by atoms with E-state index in [0.29, 0.717) is 5.56 Å². The standard InChI is InChI=1S/C19H20F2N2O3S/c1-22(2)27(25,26)17-9-4-13(5-10-17)19(24)23(16-7-8-16)12-14-3-6-15(20)11-18(14)21/h3-6,9-11,16H,7-8,12H2,1-2H3. The van der Waals surface area contributed by atoms with E-state index in [9.17, 15) is 22.0 Å². The molecule has 144 valence electrons. The van der Waals surface area contributed by atoms with Gasteiger partial charge in [0.1, 0.15) is 11.6 Å². The first-order chi connectivity index (χ1) is 12.7. The highest BCUT2D eigenvalue weighted by Gasteiger charge is 2.33. The van der Waals surface area contributed by atoms with Gasteiger partial charge in [0.05, 0.1) is 4.90 Å². The molecule has 0 bridgehead atoms. The Balaban J connectivity index is 1.83. The molecule has 0 N–H and O–H groups in total. The molecule has 0 spiro atoms. The van der Waals surface area contributed by atoms with Crippen LogP contribution in [-0.2, 0) is 16.6 Å². The van der Waals surface area contributed by atoms with Gasteiger partial charge in [0, 0.05) is 43.9 Å². The number of nitrogens with zero attached hydrogens (tertiary/aromatic N) is 2. The molecule has 0 unspecified atom stereocenters. The number of hydrogen-bond donors (Lipinski definition) is 0. The minimum absolute atomic E-state index is 0.00661. The Morgan fingerprint density at radius 3 is 2.22 bits per heavy atom. The van der Waals surface area contributed by atoms with Crippen LogP contribution >= 0.6 is 0 Å². The normalized spacial score (nSPS) is 14.4. The summed E-state index contributed by atoms with van der Waals surface area (Å²) in [6, 6.07) is 8.97. The fourth-order valence-electron chi connectivity index (χ4n) is 2.73. The van der Waals surface area contributed by atoms with E-state index in [1.807, 2.05) is 0 Å². The van der Waals surface area contributed by atoms with Gasteiger partial charge >= 0.3 is 0 Å². The quantitative estimate of drug-likeness (QED) is 0.757. The zero-order valence-corrected chi connectivity index (χ0v) is 15.8. The van der Waals surface area contributed by atoms with Crippen molar-refractivity contribution < 1.29 is 22.0 Å². The highest BCUT2D eigenvalue weighted by molar-refractivity contribution is 7.89. The van der Waals surface area contributed by atoms with Crippen molar-refractivity contribution in [2.75, 3.05) is 14.1 Å². The maximum Gasteiger partial charge on any atom is 0.254 e. The van der Waals surface area contributed by atoms with Crippen molar-refractivity contribution in [1.29, 1.82) is 0 Å². The molecule has 2 aromatic rings. The maximum absolute atomic E-state index is 14.0. The number of rotatable bonds is 6. The largest absolute Gasteiger partial charge is 0.331 e. The predicted octanol–water partition coefficient (Wildman–Crippen LogP) is 3.02. The van der Waals surface area contributed by atoms with Crippen LogP contribution in [0.4, 0.5) is 8.78 Å². The Morgan fingerprint density at radius 1 is 1.07 bits per heavy atom. The van der Waals surface area contributed by atoms with Crippen molar-refractivity contribution in [3.8, 4) is 0 Å². The van der Waals surface area contributed by atoms with Crippen LogP contribution in [0.1, 0.15) is 28.8 Å². The van der Waals surface area contributed by atoms with Crippen molar-refractivity contribution in [1.82, 2.24) is 9.21 Å². The maximum atomic E-state index is 14.0. The van der Waals surface area contributed by atoms with E-state index in [0.717, 1.165) is 29.3 Å². The van der Waals surface area contributed by atoms with Gasteiger partial charge in [-0.15, -0.1) is 0 Å². The van der Waals surface area contributed by atoms with Crippen LogP contribution in [0.25, 0.3) is 0 Å². The Morgan fingerprint density at radius 2 is 1.70 bits per heavy atom. The second-order valence-corrected chi connectivity index (χ2v) is 8.86. The summed E-state index contributed by atoms with van der Waals surface area (Å²) in [4.78, 5) is 14.5. The number of halogens is 2. The van der Waals surface area contributed by atoms with Gasteiger partial charge in [-0.1, -0.05) is 6.07 Å². The first-order valence-corrected chi connectivity index (χ1v) is 9.91. The lowest BCUT2D eigenvalue weighted by atomic mass is 10.1. The zero-order valence-electron chi connectivity index (χ0n) is 15.0. The van der Waals surface area contributed by atoms with Crippen LogP contribution in [0.5, 0.6) is 0 Å². The number of benzene rings is 2. The van der Waals surface area contributed by atoms with Crippen molar-refractivity contribution in [2.45, 2.75) is 30.3 Å². The smallest absolute Gasteiger partial charge is 0.254 e. The molecule has 0 radical (unpaired) electrons. The summed E-state index contributed by atoms with van der Waals surface area (Å²) in [6.07, 6.45) is 1.64. The number of carbonyl (C=O) groups is 1. The van der Waals surface area contributed by atoms with E-state index < -0.39 is 21.7 Å². The molecule has 1 aliphatic rings. The van der Waals surface area contributed by atoms with Gasteiger partial charge in [0.25, 0.3) is 5.91 Å². The molecule has 1 amide bonds. The first kappa shape index (κ1) is 19.4. The number of hydrogen-bond acceptors (Lipinski definition) is 3. The monoisotopic (exact) mass is 394 g/mol. The molecule has 2 aromatic carbocycles. The van der Waals surface area contributed by atoms with Crippen molar-refractivity contribution in [2.24, 2.45) is 0 Å². The Labute approximate surface area is 157 Å². The highest BCUT2D eigenvalue weighted by atomic mass is 32.2. The summed E-state index contributed by atoms with van der Waals surface area (Å²) in [5.41, 5.74) is 0.561. The first-order valence-electron chi connectivity index (χ1n) is 8.47. The lowest BCUT2D eigenvalue weighted by Crippen LogP contribution is -2.33. The van der Waals surface area contributed by atoms with E-state index >= 15 is 0 Å². The molecular weight excluding hydrogens is 374 g/mol. The molecule has 27 heavy (non-hydrogen) atoms. The molecule has 1 saturated carbocycles. The molecule has 0 heterocycles. The SMILES string of the molecule is CN(C)S(=O)(=O)c1ccc(C(=O)N(Cc2ccc(F)cc2F)C2CC2)cc1. The minimum Gasteiger partial charge on any atom is -0.331 e. The van der Waals surface area contributed by atoms with Crippen LogP contribution in [0.2, 0.25) is 0 Å². The highest BCUT2D eigenvalue weighted by Crippen LogP contribution is 2.30. The zero-order chi connectivity index (χ0) is 19.8. The van der Waals surface area contributed by atoms with Gasteiger partial charge in [-0.2, -0.15) is 0 Å². The van der Waals surface area contributed by atoms with Crippen molar-refractivity contribution in [3.63, 3.8) is 0 Å². The van der Waals surface area contributed by atoms with E-state index in [1.165, 1.54) is 44.4 Å². The van der Waals surface area contributed by atoms with Gasteiger partial charge in [-0.3, -0.25) is 4.79 Å². The molecule has 8 heteroatoms. The summed E-state index contributed by atoms with van der Waals surface area (Å²) < 4.78 is 52.4. The Hall–Kier alpha value is -2.32. The van der Waals surface area contributed by atoms with Crippen LogP contribution < -0.4 is 0 Å². The third-order valence-electron chi connectivity index (χ3n) is 4.48. The topological polar surface area (TPSA) is 57.7 Å². The van der Waals surface area contributed by atoms with Gasteiger partial charge < -0.3 is 4.90 Å². The van der Waals surface area contributed by atoms with Crippen LogP contribution in [0, 0.1) is 11.6 Å². The summed E-state index contributed by atoms with van der Waals surface area (Å²) in [5, 5.41) is 0. The summed E-state index contributed by atoms with van der Waals surface area (Å²) in [7, 11) is -0.716. The van der Waals surface area contributed by atoms with Crippen molar-refractivity contribution in [3.05, 3.63) is 65.2 Å². The fourth-order valence-corrected chi connectivity index (χ4v) is 3.63. The van der Waals surface area contributed by atoms with E-state index in [2.05, 4.69) is 0 Å². The molecule has 1 fully saturated rings. The molecule has 0 aliphatic heterocycles. The second kappa shape index (κ2) is 7.36.